The molecule has 4 nitrogen and oxygen atoms in total. The van der Waals surface area contributed by atoms with Gasteiger partial charge in [0.2, 0.25) is 5.91 Å². The van der Waals surface area contributed by atoms with Gasteiger partial charge in [-0.05, 0) is 30.9 Å². The summed E-state index contributed by atoms with van der Waals surface area (Å²) in [6, 6.07) is 4.84. The van der Waals surface area contributed by atoms with Gasteiger partial charge in [-0.1, -0.05) is 6.07 Å². The fraction of sp³-hybridized carbons (Fsp3) is 0.273. The first kappa shape index (κ1) is 12.6. The molecule has 16 heavy (non-hydrogen) atoms. The molecule has 1 aromatic carbocycles. The summed E-state index contributed by atoms with van der Waals surface area (Å²) < 4.78 is 0. The number of carboxylic acid groups (broad SMARTS) is 1. The van der Waals surface area contributed by atoms with E-state index in [4.69, 9.17) is 5.11 Å². The van der Waals surface area contributed by atoms with Crippen LogP contribution >= 0.6 is 11.8 Å². The number of nitrogens with one attached hydrogen (secondary N) is 1. The van der Waals surface area contributed by atoms with Gasteiger partial charge in [0, 0.05) is 5.69 Å². The van der Waals surface area contributed by atoms with Crippen LogP contribution in [0.5, 0.6) is 0 Å². The molecule has 0 aliphatic heterocycles. The van der Waals surface area contributed by atoms with Crippen molar-refractivity contribution in [3.63, 3.8) is 0 Å². The minimum atomic E-state index is -0.988. The number of carbonyl (C=O) groups is 2. The van der Waals surface area contributed by atoms with Gasteiger partial charge in [0.05, 0.1) is 11.3 Å². The van der Waals surface area contributed by atoms with Gasteiger partial charge in [0.1, 0.15) is 0 Å². The topological polar surface area (TPSA) is 66.4 Å². The molecule has 0 unspecified atom stereocenters. The SMILES string of the molecule is CSCC(=O)Nc1ccc(C)c(C(=O)O)c1. The third-order valence-corrected chi connectivity index (χ3v) is 2.58. The lowest BCUT2D eigenvalue weighted by atomic mass is 10.1. The molecule has 0 bridgehead atoms. The largest absolute Gasteiger partial charge is 0.478 e. The molecule has 0 radical (unpaired) electrons. The Bertz CT molecular complexity index is 418. The Morgan fingerprint density at radius 2 is 2.12 bits per heavy atom. The minimum Gasteiger partial charge on any atom is -0.478 e. The normalized spacial score (nSPS) is 9.88. The summed E-state index contributed by atoms with van der Waals surface area (Å²) in [6.07, 6.45) is 1.83. The summed E-state index contributed by atoms with van der Waals surface area (Å²) in [5.74, 6) is -0.762. The highest BCUT2D eigenvalue weighted by Crippen LogP contribution is 2.15. The highest BCUT2D eigenvalue weighted by Gasteiger charge is 2.09. The molecule has 0 aliphatic rings. The number of rotatable bonds is 4. The summed E-state index contributed by atoms with van der Waals surface area (Å²) in [5, 5.41) is 11.6. The van der Waals surface area contributed by atoms with Crippen molar-refractivity contribution >= 4 is 29.3 Å². The monoisotopic (exact) mass is 239 g/mol. The Morgan fingerprint density at radius 1 is 1.44 bits per heavy atom. The molecule has 0 saturated heterocycles. The van der Waals surface area contributed by atoms with Gasteiger partial charge in [-0.25, -0.2) is 4.79 Å². The number of hydrogen-bond acceptors (Lipinski definition) is 3. The molecule has 1 rings (SSSR count). The first-order valence-electron chi connectivity index (χ1n) is 4.67. The third-order valence-electron chi connectivity index (χ3n) is 2.03. The molecule has 0 atom stereocenters. The zero-order valence-corrected chi connectivity index (χ0v) is 9.93. The van der Waals surface area contributed by atoms with E-state index in [-0.39, 0.29) is 11.5 Å². The van der Waals surface area contributed by atoms with E-state index in [1.165, 1.54) is 17.8 Å². The number of benzene rings is 1. The Hall–Kier alpha value is -1.49. The van der Waals surface area contributed by atoms with Crippen molar-refractivity contribution in [2.45, 2.75) is 6.92 Å². The van der Waals surface area contributed by atoms with Crippen LogP contribution < -0.4 is 5.32 Å². The van der Waals surface area contributed by atoms with E-state index < -0.39 is 5.97 Å². The number of amides is 1. The zero-order chi connectivity index (χ0) is 12.1. The molecule has 0 fully saturated rings. The van der Waals surface area contributed by atoms with Gasteiger partial charge in [0.15, 0.2) is 0 Å². The van der Waals surface area contributed by atoms with Crippen LogP contribution in [0.25, 0.3) is 0 Å². The van der Waals surface area contributed by atoms with Crippen molar-refractivity contribution in [1.82, 2.24) is 0 Å². The molecule has 5 heteroatoms. The number of thioether (sulfide) groups is 1. The second-order valence-corrected chi connectivity index (χ2v) is 4.18. The lowest BCUT2D eigenvalue weighted by molar-refractivity contribution is -0.113. The van der Waals surface area contributed by atoms with E-state index in [1.807, 2.05) is 6.26 Å². The maximum absolute atomic E-state index is 11.3. The van der Waals surface area contributed by atoms with Crippen LogP contribution in [0.15, 0.2) is 18.2 Å². The molecule has 0 aliphatic carbocycles. The highest BCUT2D eigenvalue weighted by atomic mass is 32.2. The predicted molar refractivity (Wildman–Crippen MR) is 65.2 cm³/mol. The number of anilines is 1. The number of aromatic carboxylic acids is 1. The zero-order valence-electron chi connectivity index (χ0n) is 9.11. The van der Waals surface area contributed by atoms with Crippen LogP contribution in [0, 0.1) is 6.92 Å². The van der Waals surface area contributed by atoms with Gasteiger partial charge < -0.3 is 10.4 Å². The number of hydrogen-bond donors (Lipinski definition) is 2. The number of carboxylic acids is 1. The second-order valence-electron chi connectivity index (χ2n) is 3.32. The summed E-state index contributed by atoms with van der Waals surface area (Å²) in [4.78, 5) is 22.2. The second kappa shape index (κ2) is 5.55. The molecule has 1 aromatic rings. The predicted octanol–water partition coefficient (Wildman–Crippen LogP) is 1.99. The average molecular weight is 239 g/mol. The molecule has 0 spiro atoms. The van der Waals surface area contributed by atoms with Crippen molar-refractivity contribution in [3.8, 4) is 0 Å². The van der Waals surface area contributed by atoms with Gasteiger partial charge >= 0.3 is 5.97 Å². The van der Waals surface area contributed by atoms with Crippen LogP contribution in [0.4, 0.5) is 5.69 Å². The summed E-state index contributed by atoms with van der Waals surface area (Å²) in [6.45, 7) is 1.72. The number of carbonyl (C=O) groups excluding carboxylic acids is 1. The lowest BCUT2D eigenvalue weighted by Gasteiger charge is -2.07. The van der Waals surface area contributed by atoms with Crippen LogP contribution in [-0.2, 0) is 4.79 Å². The van der Waals surface area contributed by atoms with E-state index >= 15 is 0 Å². The van der Waals surface area contributed by atoms with E-state index in [0.717, 1.165) is 0 Å². The van der Waals surface area contributed by atoms with Crippen LogP contribution in [0.3, 0.4) is 0 Å². The van der Waals surface area contributed by atoms with Crippen molar-refractivity contribution < 1.29 is 14.7 Å². The first-order chi connectivity index (χ1) is 7.54. The average Bonchev–Trinajstić information content (AvgIpc) is 2.21. The maximum Gasteiger partial charge on any atom is 0.336 e. The molecule has 0 aromatic heterocycles. The molecular formula is C11H13NO3S. The molecule has 86 valence electrons. The fourth-order valence-corrected chi connectivity index (χ4v) is 1.59. The van der Waals surface area contributed by atoms with E-state index in [0.29, 0.717) is 17.0 Å². The smallest absolute Gasteiger partial charge is 0.336 e. The van der Waals surface area contributed by atoms with Crippen LogP contribution in [0.2, 0.25) is 0 Å². The third kappa shape index (κ3) is 3.27. The maximum atomic E-state index is 11.3. The van der Waals surface area contributed by atoms with Crippen LogP contribution in [0.1, 0.15) is 15.9 Å². The lowest BCUT2D eigenvalue weighted by Crippen LogP contribution is -2.14. The Morgan fingerprint density at radius 3 is 2.69 bits per heavy atom. The minimum absolute atomic E-state index is 0.132. The number of aryl methyl sites for hydroxylation is 1. The molecule has 2 N–H and O–H groups in total. The Labute approximate surface area is 98.0 Å². The van der Waals surface area contributed by atoms with E-state index in [1.54, 1.807) is 19.1 Å². The fourth-order valence-electron chi connectivity index (χ4n) is 1.26. The summed E-state index contributed by atoms with van der Waals surface area (Å²) in [5.41, 5.74) is 1.40. The Kier molecular flexibility index (Phi) is 4.37. The van der Waals surface area contributed by atoms with Crippen LogP contribution in [-0.4, -0.2) is 29.0 Å². The van der Waals surface area contributed by atoms with E-state index in [2.05, 4.69) is 5.32 Å². The quantitative estimate of drug-likeness (QED) is 0.843. The molecule has 0 saturated carbocycles. The van der Waals surface area contributed by atoms with Gasteiger partial charge in [-0.15, -0.1) is 0 Å². The van der Waals surface area contributed by atoms with E-state index in [9.17, 15) is 9.59 Å². The van der Waals surface area contributed by atoms with Gasteiger partial charge in [0.25, 0.3) is 0 Å². The highest BCUT2D eigenvalue weighted by molar-refractivity contribution is 7.99. The van der Waals surface area contributed by atoms with Gasteiger partial charge in [-0.2, -0.15) is 11.8 Å². The molecular weight excluding hydrogens is 226 g/mol. The molecule has 0 heterocycles. The molecule has 1 amide bonds. The standard InChI is InChI=1S/C11H13NO3S/c1-7-3-4-8(5-9(7)11(14)15)12-10(13)6-16-2/h3-5H,6H2,1-2H3,(H,12,13)(H,14,15). The van der Waals surface area contributed by atoms with Crippen molar-refractivity contribution in [2.24, 2.45) is 0 Å². The van der Waals surface area contributed by atoms with Gasteiger partial charge in [-0.3, -0.25) is 4.79 Å². The summed E-state index contributed by atoms with van der Waals surface area (Å²) >= 11 is 1.41. The van der Waals surface area contributed by atoms with Crippen molar-refractivity contribution in [1.29, 1.82) is 0 Å². The van der Waals surface area contributed by atoms with Crippen molar-refractivity contribution in [3.05, 3.63) is 29.3 Å². The Balaban J connectivity index is 2.87. The first-order valence-corrected chi connectivity index (χ1v) is 6.06. The van der Waals surface area contributed by atoms with Crippen molar-refractivity contribution in [2.75, 3.05) is 17.3 Å². The summed E-state index contributed by atoms with van der Waals surface area (Å²) in [7, 11) is 0.